The Morgan fingerprint density at radius 1 is 1.67 bits per heavy atom. The zero-order valence-electron chi connectivity index (χ0n) is 5.68. The number of aliphatic hydroxyl groups is 1. The monoisotopic (exact) mass is 147 g/mol. The Balaban J connectivity index is 2.09. The molecule has 3 heteroatoms. The van der Waals surface area contributed by atoms with Gasteiger partial charge < -0.3 is 10.4 Å². The van der Waals surface area contributed by atoms with Crippen LogP contribution in [0.1, 0.15) is 6.92 Å². The van der Waals surface area contributed by atoms with Crippen molar-refractivity contribution in [1.82, 2.24) is 5.32 Å². The molecule has 2 N–H and O–H groups in total. The molecule has 1 aliphatic heterocycles. The Bertz CT molecular complexity index is 93.1. The summed E-state index contributed by atoms with van der Waals surface area (Å²) in [5, 5.41) is 12.5. The maximum absolute atomic E-state index is 9.46. The highest BCUT2D eigenvalue weighted by atomic mass is 32.2. The minimum atomic E-state index is -0.374. The lowest BCUT2D eigenvalue weighted by Crippen LogP contribution is -2.61. The molecule has 0 spiro atoms. The fraction of sp³-hybridized carbons (Fsp3) is 1.00. The van der Waals surface area contributed by atoms with Gasteiger partial charge in [0.15, 0.2) is 0 Å². The molecule has 0 aromatic heterocycles. The third-order valence-electron chi connectivity index (χ3n) is 1.48. The zero-order chi connectivity index (χ0) is 6.74. The van der Waals surface area contributed by atoms with Gasteiger partial charge in [-0.3, -0.25) is 0 Å². The second-order valence-corrected chi connectivity index (χ2v) is 3.74. The molecule has 0 radical (unpaired) electrons. The molecular formula is C6H13NOS. The fourth-order valence-electron chi connectivity index (χ4n) is 0.808. The van der Waals surface area contributed by atoms with E-state index in [0.717, 1.165) is 24.6 Å². The van der Waals surface area contributed by atoms with Crippen molar-refractivity contribution in [2.75, 3.05) is 24.6 Å². The molecular weight excluding hydrogens is 134 g/mol. The molecule has 0 amide bonds. The summed E-state index contributed by atoms with van der Waals surface area (Å²) in [6, 6.07) is 0. The Hall–Kier alpha value is 0.270. The van der Waals surface area contributed by atoms with Gasteiger partial charge in [0.05, 0.1) is 5.60 Å². The van der Waals surface area contributed by atoms with Crippen LogP contribution >= 0.6 is 11.8 Å². The van der Waals surface area contributed by atoms with Gasteiger partial charge in [-0.15, -0.1) is 0 Å². The first-order chi connectivity index (χ1) is 4.27. The molecule has 2 nitrogen and oxygen atoms in total. The van der Waals surface area contributed by atoms with E-state index < -0.39 is 0 Å². The van der Waals surface area contributed by atoms with E-state index in [2.05, 4.69) is 12.2 Å². The summed E-state index contributed by atoms with van der Waals surface area (Å²) in [5.74, 6) is 1.98. The Morgan fingerprint density at radius 2 is 2.33 bits per heavy atom. The normalized spacial score (nSPS) is 23.3. The summed E-state index contributed by atoms with van der Waals surface area (Å²) >= 11 is 1.80. The van der Waals surface area contributed by atoms with Crippen molar-refractivity contribution >= 4 is 11.8 Å². The molecule has 0 aromatic carbocycles. The molecule has 1 rings (SSSR count). The summed E-state index contributed by atoms with van der Waals surface area (Å²) in [5.41, 5.74) is -0.374. The van der Waals surface area contributed by atoms with Gasteiger partial charge in [-0.05, 0) is 5.75 Å². The van der Waals surface area contributed by atoms with Gasteiger partial charge in [-0.25, -0.2) is 0 Å². The van der Waals surface area contributed by atoms with Crippen molar-refractivity contribution in [1.29, 1.82) is 0 Å². The van der Waals surface area contributed by atoms with Gasteiger partial charge >= 0.3 is 0 Å². The zero-order valence-corrected chi connectivity index (χ0v) is 6.50. The van der Waals surface area contributed by atoms with Crippen molar-refractivity contribution in [2.24, 2.45) is 0 Å². The summed E-state index contributed by atoms with van der Waals surface area (Å²) in [7, 11) is 0. The minimum Gasteiger partial charge on any atom is -0.386 e. The predicted octanol–water partition coefficient (Wildman–Crippen LogP) is 0.0738. The molecule has 0 aliphatic carbocycles. The van der Waals surface area contributed by atoms with E-state index in [1.165, 1.54) is 0 Å². The highest BCUT2D eigenvalue weighted by Crippen LogP contribution is 2.16. The summed E-state index contributed by atoms with van der Waals surface area (Å²) in [6.45, 7) is 3.67. The van der Waals surface area contributed by atoms with E-state index in [9.17, 15) is 5.11 Å². The lowest BCUT2D eigenvalue weighted by molar-refractivity contribution is 0.0136. The lowest BCUT2D eigenvalue weighted by Gasteiger charge is -2.37. The molecule has 0 unspecified atom stereocenters. The Labute approximate surface area is 60.0 Å². The average molecular weight is 147 g/mol. The molecule has 1 aliphatic rings. The second-order valence-electron chi connectivity index (χ2n) is 2.47. The Morgan fingerprint density at radius 3 is 2.67 bits per heavy atom. The van der Waals surface area contributed by atoms with Crippen LogP contribution in [0.5, 0.6) is 0 Å². The minimum absolute atomic E-state index is 0.374. The lowest BCUT2D eigenvalue weighted by atomic mass is 10.0. The van der Waals surface area contributed by atoms with Crippen LogP contribution in [0.15, 0.2) is 0 Å². The SMILES string of the molecule is CCSCC1(O)CNC1. The van der Waals surface area contributed by atoms with Crippen LogP contribution < -0.4 is 5.32 Å². The fourth-order valence-corrected chi connectivity index (χ4v) is 1.60. The van der Waals surface area contributed by atoms with E-state index in [4.69, 9.17) is 0 Å². The molecule has 1 fully saturated rings. The number of hydrogen-bond donors (Lipinski definition) is 2. The van der Waals surface area contributed by atoms with Crippen LogP contribution in [-0.2, 0) is 0 Å². The number of rotatable bonds is 3. The number of thioether (sulfide) groups is 1. The quantitative estimate of drug-likeness (QED) is 0.592. The Kier molecular flexibility index (Phi) is 2.38. The van der Waals surface area contributed by atoms with E-state index in [1.807, 2.05) is 0 Å². The maximum atomic E-state index is 9.46. The summed E-state index contributed by atoms with van der Waals surface area (Å²) in [4.78, 5) is 0. The highest BCUT2D eigenvalue weighted by Gasteiger charge is 2.33. The highest BCUT2D eigenvalue weighted by molar-refractivity contribution is 7.99. The molecule has 0 saturated carbocycles. The summed E-state index contributed by atoms with van der Waals surface area (Å²) < 4.78 is 0. The van der Waals surface area contributed by atoms with E-state index in [1.54, 1.807) is 11.8 Å². The van der Waals surface area contributed by atoms with Crippen molar-refractivity contribution < 1.29 is 5.11 Å². The third kappa shape index (κ3) is 1.85. The van der Waals surface area contributed by atoms with Crippen molar-refractivity contribution in [3.8, 4) is 0 Å². The van der Waals surface area contributed by atoms with Gasteiger partial charge in [-0.1, -0.05) is 6.92 Å². The molecule has 9 heavy (non-hydrogen) atoms. The van der Waals surface area contributed by atoms with Gasteiger partial charge in [-0.2, -0.15) is 11.8 Å². The van der Waals surface area contributed by atoms with Gasteiger partial charge in [0, 0.05) is 18.8 Å². The van der Waals surface area contributed by atoms with Crippen LogP contribution in [-0.4, -0.2) is 35.3 Å². The first kappa shape index (κ1) is 7.38. The average Bonchev–Trinajstić information content (AvgIpc) is 1.79. The largest absolute Gasteiger partial charge is 0.386 e. The summed E-state index contributed by atoms with van der Waals surface area (Å²) in [6.07, 6.45) is 0. The van der Waals surface area contributed by atoms with Crippen LogP contribution in [0.4, 0.5) is 0 Å². The first-order valence-electron chi connectivity index (χ1n) is 3.28. The van der Waals surface area contributed by atoms with Crippen molar-refractivity contribution in [3.05, 3.63) is 0 Å². The standard InChI is InChI=1S/C6H13NOS/c1-2-9-5-6(8)3-7-4-6/h7-8H,2-5H2,1H3. The van der Waals surface area contributed by atoms with Crippen LogP contribution in [0.2, 0.25) is 0 Å². The van der Waals surface area contributed by atoms with Gasteiger partial charge in [0.2, 0.25) is 0 Å². The molecule has 0 bridgehead atoms. The van der Waals surface area contributed by atoms with Crippen molar-refractivity contribution in [3.63, 3.8) is 0 Å². The van der Waals surface area contributed by atoms with E-state index in [0.29, 0.717) is 0 Å². The molecule has 0 atom stereocenters. The maximum Gasteiger partial charge on any atom is 0.0984 e. The second kappa shape index (κ2) is 2.90. The molecule has 1 heterocycles. The van der Waals surface area contributed by atoms with Crippen LogP contribution in [0.25, 0.3) is 0 Å². The topological polar surface area (TPSA) is 32.3 Å². The van der Waals surface area contributed by atoms with Crippen molar-refractivity contribution in [2.45, 2.75) is 12.5 Å². The molecule has 0 aromatic rings. The predicted molar refractivity (Wildman–Crippen MR) is 40.8 cm³/mol. The van der Waals surface area contributed by atoms with Crippen LogP contribution in [0, 0.1) is 0 Å². The van der Waals surface area contributed by atoms with Crippen LogP contribution in [0.3, 0.4) is 0 Å². The first-order valence-corrected chi connectivity index (χ1v) is 4.43. The number of hydrogen-bond acceptors (Lipinski definition) is 3. The van der Waals surface area contributed by atoms with E-state index >= 15 is 0 Å². The van der Waals surface area contributed by atoms with Gasteiger partial charge in [0.25, 0.3) is 0 Å². The number of nitrogens with one attached hydrogen (secondary N) is 1. The smallest absolute Gasteiger partial charge is 0.0984 e. The third-order valence-corrected chi connectivity index (χ3v) is 2.63. The molecule has 54 valence electrons. The number of β-amino-alcohol motifs (C(OH)–C–C–N with tert-alkyl or cyclic N) is 1. The van der Waals surface area contributed by atoms with Gasteiger partial charge in [0.1, 0.15) is 0 Å². The van der Waals surface area contributed by atoms with E-state index in [-0.39, 0.29) is 5.60 Å². The molecule has 1 saturated heterocycles.